The van der Waals surface area contributed by atoms with Gasteiger partial charge in [-0.3, -0.25) is 4.79 Å². The number of thiophene rings is 1. The molecule has 0 unspecified atom stereocenters. The monoisotopic (exact) mass is 488 g/mol. The van der Waals surface area contributed by atoms with Crippen molar-refractivity contribution >= 4 is 46.0 Å². The first-order valence-electron chi connectivity index (χ1n) is 10.4. The smallest absolute Gasteiger partial charge is 0.341 e. The Labute approximate surface area is 201 Å². The summed E-state index contributed by atoms with van der Waals surface area (Å²) in [7, 11) is 0. The highest BCUT2D eigenvalue weighted by Gasteiger charge is 2.23. The predicted octanol–water partition coefficient (Wildman–Crippen LogP) is 4.93. The maximum Gasteiger partial charge on any atom is 0.341 e. The Morgan fingerprint density at radius 2 is 1.97 bits per heavy atom. The molecule has 1 amide bonds. The first kappa shape index (κ1) is 24.5. The Morgan fingerprint density at radius 3 is 2.64 bits per heavy atom. The van der Waals surface area contributed by atoms with E-state index in [1.54, 1.807) is 18.5 Å². The third-order valence-electron chi connectivity index (χ3n) is 4.80. The van der Waals surface area contributed by atoms with Crippen molar-refractivity contribution in [1.29, 1.82) is 0 Å². The zero-order valence-corrected chi connectivity index (χ0v) is 20.4. The lowest BCUT2D eigenvalue weighted by Gasteiger charge is -2.07. The maximum atomic E-state index is 12.4. The van der Waals surface area contributed by atoms with Crippen LogP contribution in [-0.2, 0) is 20.8 Å². The topological polar surface area (TPSA) is 94.8 Å². The molecule has 0 spiro atoms. The molecule has 1 N–H and O–H groups in total. The Hall–Kier alpha value is -3.17. The van der Waals surface area contributed by atoms with Crippen molar-refractivity contribution in [3.63, 3.8) is 0 Å². The summed E-state index contributed by atoms with van der Waals surface area (Å²) in [6.45, 7) is 7.33. The highest BCUT2D eigenvalue weighted by Crippen LogP contribution is 2.34. The average Bonchev–Trinajstić information content (AvgIpc) is 3.26. The van der Waals surface area contributed by atoms with Crippen LogP contribution >= 0.6 is 22.9 Å². The third-order valence-corrected chi connectivity index (χ3v) is 6.22. The Kier molecular flexibility index (Phi) is 8.24. The molecule has 0 aliphatic heterocycles. The fourth-order valence-electron chi connectivity index (χ4n) is 3.26. The highest BCUT2D eigenvalue weighted by molar-refractivity contribution is 7.16. The van der Waals surface area contributed by atoms with Crippen LogP contribution < -0.4 is 5.32 Å². The summed E-state index contributed by atoms with van der Waals surface area (Å²) in [4.78, 5) is 30.9. The number of anilines is 1. The van der Waals surface area contributed by atoms with Crippen molar-refractivity contribution < 1.29 is 19.2 Å². The Morgan fingerprint density at radius 1 is 1.24 bits per heavy atom. The number of benzene rings is 1. The van der Waals surface area contributed by atoms with Gasteiger partial charge in [-0.05, 0) is 44.9 Å². The summed E-state index contributed by atoms with van der Waals surface area (Å²) >= 11 is 7.78. The molecule has 33 heavy (non-hydrogen) atoms. The zero-order valence-electron chi connectivity index (χ0n) is 18.8. The molecular formula is C23H25ClN4O4S. The van der Waals surface area contributed by atoms with Crippen molar-refractivity contribution in [2.75, 3.05) is 18.5 Å². The number of aromatic nitrogens is 2. The number of hydrogen-bond acceptors (Lipinski definition) is 7. The average molecular weight is 489 g/mol. The first-order chi connectivity index (χ1) is 15.9. The summed E-state index contributed by atoms with van der Waals surface area (Å²) in [6.07, 6.45) is 2.08. The van der Waals surface area contributed by atoms with Gasteiger partial charge in [0.15, 0.2) is 6.61 Å². The number of carbonyl (C=O) groups is 2. The van der Waals surface area contributed by atoms with E-state index < -0.39 is 11.9 Å². The molecule has 0 atom stereocenters. The van der Waals surface area contributed by atoms with Gasteiger partial charge in [-0.1, -0.05) is 41.9 Å². The van der Waals surface area contributed by atoms with Gasteiger partial charge >= 0.3 is 5.97 Å². The molecule has 0 fully saturated rings. The van der Waals surface area contributed by atoms with Gasteiger partial charge in [-0.25, -0.2) is 9.48 Å². The quantitative estimate of drug-likeness (QED) is 0.262. The van der Waals surface area contributed by atoms with Gasteiger partial charge in [-0.2, -0.15) is 5.10 Å². The number of amides is 1. The van der Waals surface area contributed by atoms with E-state index in [0.717, 1.165) is 16.1 Å². The predicted molar refractivity (Wildman–Crippen MR) is 130 cm³/mol. The lowest BCUT2D eigenvalue weighted by Crippen LogP contribution is -2.18. The molecule has 3 rings (SSSR count). The van der Waals surface area contributed by atoms with Crippen LogP contribution in [0, 0.1) is 13.8 Å². The van der Waals surface area contributed by atoms with Crippen LogP contribution in [0.5, 0.6) is 0 Å². The number of halogens is 1. The second-order valence-electron chi connectivity index (χ2n) is 7.01. The standard InChI is InChI=1S/C23H25ClN4O4S/c1-5-17-15(4)33-22(20(17)23(30)31-6-2)26-19(29)13-32-25-12-18-14(3)27-28(21(18)24)16-10-8-7-9-11-16/h7-12H,5-6,13H2,1-4H3,(H,26,29)/b25-12+. The molecule has 0 radical (unpaired) electrons. The van der Waals surface area contributed by atoms with Gasteiger partial charge < -0.3 is 14.9 Å². The summed E-state index contributed by atoms with van der Waals surface area (Å²) in [5, 5.41) is 11.9. The third kappa shape index (κ3) is 5.61. The van der Waals surface area contributed by atoms with Gasteiger partial charge in [0.2, 0.25) is 0 Å². The van der Waals surface area contributed by atoms with Crippen molar-refractivity contribution in [3.8, 4) is 5.69 Å². The van der Waals surface area contributed by atoms with Crippen molar-refractivity contribution in [3.05, 3.63) is 62.7 Å². The van der Waals surface area contributed by atoms with Gasteiger partial charge in [0.05, 0.1) is 35.3 Å². The number of oxime groups is 1. The SMILES string of the molecule is CCOC(=O)c1c(NC(=O)CO/N=C/c2c(C)nn(-c3ccccc3)c2Cl)sc(C)c1CC. The Balaban J connectivity index is 1.65. The van der Waals surface area contributed by atoms with E-state index >= 15 is 0 Å². The van der Waals surface area contributed by atoms with E-state index in [4.69, 9.17) is 21.2 Å². The second-order valence-corrected chi connectivity index (χ2v) is 8.59. The lowest BCUT2D eigenvalue weighted by atomic mass is 10.1. The molecule has 0 saturated carbocycles. The van der Waals surface area contributed by atoms with E-state index in [1.807, 2.05) is 44.2 Å². The minimum absolute atomic E-state index is 0.255. The first-order valence-corrected chi connectivity index (χ1v) is 11.6. The number of esters is 1. The van der Waals surface area contributed by atoms with E-state index in [0.29, 0.717) is 33.4 Å². The summed E-state index contributed by atoms with van der Waals surface area (Å²) in [6, 6.07) is 9.47. The molecule has 10 heteroatoms. The lowest BCUT2D eigenvalue weighted by molar-refractivity contribution is -0.120. The number of nitrogens with one attached hydrogen (secondary N) is 1. The van der Waals surface area contributed by atoms with E-state index in [-0.39, 0.29) is 13.2 Å². The molecule has 8 nitrogen and oxygen atoms in total. The van der Waals surface area contributed by atoms with Crippen LogP contribution in [0.4, 0.5) is 5.00 Å². The fourth-order valence-corrected chi connectivity index (χ4v) is 4.73. The maximum absolute atomic E-state index is 12.4. The molecular weight excluding hydrogens is 464 g/mol. The number of carbonyl (C=O) groups excluding carboxylic acids is 2. The van der Waals surface area contributed by atoms with Crippen LogP contribution in [-0.4, -0.2) is 41.1 Å². The molecule has 0 aliphatic rings. The summed E-state index contributed by atoms with van der Waals surface area (Å²) in [5.74, 6) is -0.891. The van der Waals surface area contributed by atoms with Gasteiger partial charge in [0.1, 0.15) is 10.2 Å². The number of hydrogen-bond donors (Lipinski definition) is 1. The van der Waals surface area contributed by atoms with Crippen molar-refractivity contribution in [2.24, 2.45) is 5.16 Å². The van der Waals surface area contributed by atoms with E-state index in [9.17, 15) is 9.59 Å². The molecule has 2 heterocycles. The Bertz CT molecular complexity index is 1170. The summed E-state index contributed by atoms with van der Waals surface area (Å²) < 4.78 is 6.75. The van der Waals surface area contributed by atoms with Crippen LogP contribution in [0.2, 0.25) is 5.15 Å². The number of rotatable bonds is 9. The molecule has 0 aliphatic carbocycles. The number of aryl methyl sites for hydroxylation is 2. The second kappa shape index (κ2) is 11.1. The molecule has 0 saturated heterocycles. The molecule has 0 bridgehead atoms. The highest BCUT2D eigenvalue weighted by atomic mass is 35.5. The number of para-hydroxylation sites is 1. The van der Waals surface area contributed by atoms with Gasteiger partial charge in [0, 0.05) is 4.88 Å². The van der Waals surface area contributed by atoms with Gasteiger partial charge in [0.25, 0.3) is 5.91 Å². The van der Waals surface area contributed by atoms with Crippen LogP contribution in [0.1, 0.15) is 45.9 Å². The van der Waals surface area contributed by atoms with Crippen LogP contribution in [0.25, 0.3) is 5.69 Å². The minimum atomic E-state index is -0.450. The van der Waals surface area contributed by atoms with Crippen molar-refractivity contribution in [2.45, 2.75) is 34.1 Å². The van der Waals surface area contributed by atoms with E-state index in [2.05, 4.69) is 15.6 Å². The normalized spacial score (nSPS) is 11.1. The van der Waals surface area contributed by atoms with Gasteiger partial charge in [-0.15, -0.1) is 11.3 Å². The molecule has 3 aromatic rings. The molecule has 174 valence electrons. The molecule has 1 aromatic carbocycles. The number of ether oxygens (including phenoxy) is 1. The van der Waals surface area contributed by atoms with Crippen LogP contribution in [0.3, 0.4) is 0 Å². The zero-order chi connectivity index (χ0) is 24.0. The fraction of sp³-hybridized carbons (Fsp3) is 0.304. The summed E-state index contributed by atoms with van der Waals surface area (Å²) in [5.41, 5.74) is 3.34. The minimum Gasteiger partial charge on any atom is -0.462 e. The number of nitrogens with zero attached hydrogens (tertiary/aromatic N) is 3. The molecule has 2 aromatic heterocycles. The van der Waals surface area contributed by atoms with E-state index in [1.165, 1.54) is 17.6 Å². The van der Waals surface area contributed by atoms with Crippen molar-refractivity contribution in [1.82, 2.24) is 9.78 Å². The largest absolute Gasteiger partial charge is 0.462 e. The van der Waals surface area contributed by atoms with Crippen LogP contribution in [0.15, 0.2) is 35.5 Å².